The highest BCUT2D eigenvalue weighted by atomic mass is 32.2. The lowest BCUT2D eigenvalue weighted by Gasteiger charge is -2.10. The van der Waals surface area contributed by atoms with E-state index in [1.54, 1.807) is 6.07 Å². The van der Waals surface area contributed by atoms with E-state index < -0.39 is 5.97 Å². The number of hydrogen-bond donors (Lipinski definition) is 1. The molecule has 0 aliphatic carbocycles. The van der Waals surface area contributed by atoms with Gasteiger partial charge in [0.2, 0.25) is 0 Å². The van der Waals surface area contributed by atoms with Crippen molar-refractivity contribution in [3.05, 3.63) is 53.4 Å². The first kappa shape index (κ1) is 15.4. The molecule has 6 heteroatoms. The fourth-order valence-corrected chi connectivity index (χ4v) is 2.62. The normalized spacial score (nSPS) is 10.9. The van der Waals surface area contributed by atoms with Crippen molar-refractivity contribution in [2.45, 2.75) is 30.4 Å². The van der Waals surface area contributed by atoms with E-state index in [9.17, 15) is 9.18 Å². The van der Waals surface area contributed by atoms with Crippen LogP contribution in [0.4, 0.5) is 4.39 Å². The van der Waals surface area contributed by atoms with Crippen LogP contribution >= 0.6 is 11.8 Å². The maximum absolute atomic E-state index is 13.1. The molecule has 21 heavy (non-hydrogen) atoms. The topological polar surface area (TPSA) is 63.1 Å². The van der Waals surface area contributed by atoms with Crippen LogP contribution in [0.15, 0.2) is 35.4 Å². The number of hydrogen-bond acceptors (Lipinski definition) is 4. The van der Waals surface area contributed by atoms with Gasteiger partial charge in [0.15, 0.2) is 0 Å². The fourth-order valence-electron chi connectivity index (χ4n) is 1.81. The van der Waals surface area contributed by atoms with Gasteiger partial charge in [0, 0.05) is 11.1 Å². The van der Waals surface area contributed by atoms with E-state index in [0.29, 0.717) is 17.3 Å². The summed E-state index contributed by atoms with van der Waals surface area (Å²) in [6.45, 7) is 3.77. The summed E-state index contributed by atoms with van der Waals surface area (Å²) in [6, 6.07) is 6.28. The molecular weight excluding hydrogens is 291 g/mol. The number of nitrogens with zero attached hydrogens (tertiary/aromatic N) is 2. The summed E-state index contributed by atoms with van der Waals surface area (Å²) in [5.41, 5.74) is 0.650. The number of aromatic carboxylic acids is 1. The summed E-state index contributed by atoms with van der Waals surface area (Å²) >= 11 is 1.41. The molecule has 1 heterocycles. The molecule has 0 atom stereocenters. The van der Waals surface area contributed by atoms with Crippen LogP contribution in [0.2, 0.25) is 0 Å². The molecule has 2 rings (SSSR count). The number of thioether (sulfide) groups is 1. The maximum atomic E-state index is 13.1. The van der Waals surface area contributed by atoms with E-state index in [1.165, 1.54) is 30.1 Å². The highest BCUT2D eigenvalue weighted by molar-refractivity contribution is 7.98. The Hall–Kier alpha value is -1.95. The second-order valence-electron chi connectivity index (χ2n) is 4.79. The Morgan fingerprint density at radius 2 is 2.19 bits per heavy atom. The maximum Gasteiger partial charge on any atom is 0.339 e. The van der Waals surface area contributed by atoms with E-state index in [4.69, 9.17) is 5.11 Å². The monoisotopic (exact) mass is 306 g/mol. The fraction of sp³-hybridized carbons (Fsp3) is 0.267. The Morgan fingerprint density at radius 1 is 1.43 bits per heavy atom. The summed E-state index contributed by atoms with van der Waals surface area (Å²) in [7, 11) is 0. The number of rotatable bonds is 5. The number of carbonyl (C=O) groups is 1. The Bertz CT molecular complexity index is 662. The van der Waals surface area contributed by atoms with Crippen LogP contribution in [-0.4, -0.2) is 21.0 Å². The summed E-state index contributed by atoms with van der Waals surface area (Å²) < 4.78 is 13.1. The molecule has 4 nitrogen and oxygen atoms in total. The molecule has 2 aromatic rings. The molecule has 0 fully saturated rings. The highest BCUT2D eigenvalue weighted by Crippen LogP contribution is 2.23. The lowest BCUT2D eigenvalue weighted by atomic mass is 10.1. The van der Waals surface area contributed by atoms with Gasteiger partial charge in [0.1, 0.15) is 11.6 Å². The van der Waals surface area contributed by atoms with Crippen LogP contribution in [0, 0.1) is 5.82 Å². The molecule has 0 saturated heterocycles. The minimum atomic E-state index is -1.02. The Balaban J connectivity index is 2.17. The van der Waals surface area contributed by atoms with Crippen molar-refractivity contribution in [3.8, 4) is 0 Å². The van der Waals surface area contributed by atoms with Gasteiger partial charge in [-0.2, -0.15) is 0 Å². The lowest BCUT2D eigenvalue weighted by molar-refractivity contribution is 0.0694. The van der Waals surface area contributed by atoms with Crippen LogP contribution in [0.1, 0.15) is 41.6 Å². The minimum Gasteiger partial charge on any atom is -0.478 e. The molecule has 0 radical (unpaired) electrons. The van der Waals surface area contributed by atoms with Crippen molar-refractivity contribution in [1.29, 1.82) is 0 Å². The van der Waals surface area contributed by atoms with Crippen LogP contribution in [0.3, 0.4) is 0 Å². The van der Waals surface area contributed by atoms with Crippen LogP contribution in [-0.2, 0) is 5.75 Å². The predicted octanol–water partition coefficient (Wildman–Crippen LogP) is 3.73. The number of halogens is 1. The van der Waals surface area contributed by atoms with E-state index in [0.717, 1.165) is 4.90 Å². The molecule has 1 N–H and O–H groups in total. The van der Waals surface area contributed by atoms with Crippen molar-refractivity contribution >= 4 is 17.7 Å². The average molecular weight is 306 g/mol. The number of benzene rings is 1. The van der Waals surface area contributed by atoms with Gasteiger partial charge in [-0.15, -0.1) is 11.8 Å². The highest BCUT2D eigenvalue weighted by Gasteiger charge is 2.16. The second-order valence-corrected chi connectivity index (χ2v) is 5.84. The van der Waals surface area contributed by atoms with Crippen LogP contribution in [0.25, 0.3) is 0 Å². The Labute approximate surface area is 126 Å². The van der Waals surface area contributed by atoms with E-state index in [1.807, 2.05) is 19.9 Å². The van der Waals surface area contributed by atoms with Gasteiger partial charge in [-0.1, -0.05) is 19.9 Å². The molecule has 0 saturated carbocycles. The smallest absolute Gasteiger partial charge is 0.339 e. The van der Waals surface area contributed by atoms with Gasteiger partial charge in [-0.25, -0.2) is 19.2 Å². The van der Waals surface area contributed by atoms with Gasteiger partial charge in [0.05, 0.1) is 17.0 Å². The molecule has 110 valence electrons. The quantitative estimate of drug-likeness (QED) is 0.853. The van der Waals surface area contributed by atoms with Crippen LogP contribution < -0.4 is 0 Å². The Kier molecular flexibility index (Phi) is 4.90. The predicted molar refractivity (Wildman–Crippen MR) is 79.0 cm³/mol. The summed E-state index contributed by atoms with van der Waals surface area (Å²) in [5.74, 6) is -0.314. The molecule has 0 aliphatic heterocycles. The van der Waals surface area contributed by atoms with Crippen molar-refractivity contribution < 1.29 is 14.3 Å². The molecule has 0 amide bonds. The Morgan fingerprint density at radius 3 is 2.81 bits per heavy atom. The molecule has 0 aliphatic rings. The second kappa shape index (κ2) is 6.67. The molecule has 1 aromatic heterocycles. The standard InChI is InChI=1S/C15H15FN2O2S/c1-9(2)14-12(15(19)20)7-17-13(18-14)8-21-11-5-3-4-10(16)6-11/h3-7,9H,8H2,1-2H3,(H,19,20). The molecular formula is C15H15FN2O2S. The molecule has 0 unspecified atom stereocenters. The van der Waals surface area contributed by atoms with E-state index >= 15 is 0 Å². The van der Waals surface area contributed by atoms with Crippen LogP contribution in [0.5, 0.6) is 0 Å². The first-order valence-corrected chi connectivity index (χ1v) is 7.43. The van der Waals surface area contributed by atoms with E-state index in [2.05, 4.69) is 9.97 Å². The first-order chi connectivity index (χ1) is 9.97. The largest absolute Gasteiger partial charge is 0.478 e. The number of aromatic nitrogens is 2. The third-order valence-electron chi connectivity index (χ3n) is 2.81. The molecule has 0 spiro atoms. The summed E-state index contributed by atoms with van der Waals surface area (Å²) in [4.78, 5) is 20.3. The summed E-state index contributed by atoms with van der Waals surface area (Å²) in [5, 5.41) is 9.12. The molecule has 1 aromatic carbocycles. The number of carboxylic acid groups (broad SMARTS) is 1. The third kappa shape index (κ3) is 4.01. The summed E-state index contributed by atoms with van der Waals surface area (Å²) in [6.07, 6.45) is 1.34. The van der Waals surface area contributed by atoms with Crippen molar-refractivity contribution in [2.24, 2.45) is 0 Å². The van der Waals surface area contributed by atoms with Gasteiger partial charge in [0.25, 0.3) is 0 Å². The molecule has 0 bridgehead atoms. The lowest BCUT2D eigenvalue weighted by Crippen LogP contribution is -2.09. The van der Waals surface area contributed by atoms with Gasteiger partial charge < -0.3 is 5.11 Å². The van der Waals surface area contributed by atoms with Crippen molar-refractivity contribution in [1.82, 2.24) is 9.97 Å². The van der Waals surface area contributed by atoms with Crippen molar-refractivity contribution in [3.63, 3.8) is 0 Å². The van der Waals surface area contributed by atoms with Gasteiger partial charge >= 0.3 is 5.97 Å². The zero-order valence-corrected chi connectivity index (χ0v) is 12.5. The van der Waals surface area contributed by atoms with Gasteiger partial charge in [-0.3, -0.25) is 0 Å². The van der Waals surface area contributed by atoms with Crippen molar-refractivity contribution in [2.75, 3.05) is 0 Å². The van der Waals surface area contributed by atoms with E-state index in [-0.39, 0.29) is 17.3 Å². The number of carboxylic acids is 1. The minimum absolute atomic E-state index is 0.00276. The SMILES string of the molecule is CC(C)c1nc(CSc2cccc(F)c2)ncc1C(=O)O. The average Bonchev–Trinajstić information content (AvgIpc) is 2.44. The zero-order chi connectivity index (χ0) is 15.4. The first-order valence-electron chi connectivity index (χ1n) is 6.45. The van der Waals surface area contributed by atoms with Gasteiger partial charge in [-0.05, 0) is 24.1 Å². The third-order valence-corrected chi connectivity index (χ3v) is 3.80. The zero-order valence-electron chi connectivity index (χ0n) is 11.7.